The van der Waals surface area contributed by atoms with Gasteiger partial charge >= 0.3 is 0 Å². The number of fused-ring (bicyclic) bond motifs is 2. The first-order valence-corrected chi connectivity index (χ1v) is 9.01. The molecular formula is C17H33N3. The minimum atomic E-state index is 0.802. The van der Waals surface area contributed by atoms with Crippen LogP contribution in [0.3, 0.4) is 0 Å². The second kappa shape index (κ2) is 6.76. The van der Waals surface area contributed by atoms with E-state index in [1.54, 1.807) is 0 Å². The average Bonchev–Trinajstić information content (AvgIpc) is 2.71. The van der Waals surface area contributed by atoms with Crippen LogP contribution in [0.25, 0.3) is 0 Å². The number of piperidine rings is 2. The molecule has 0 aromatic heterocycles. The summed E-state index contributed by atoms with van der Waals surface area (Å²) in [7, 11) is 0. The predicted molar refractivity (Wildman–Crippen MR) is 85.1 cm³/mol. The lowest BCUT2D eigenvalue weighted by molar-refractivity contribution is 0.0767. The topological polar surface area (TPSA) is 18.5 Å². The van der Waals surface area contributed by atoms with Gasteiger partial charge in [0.25, 0.3) is 0 Å². The van der Waals surface area contributed by atoms with Gasteiger partial charge in [-0.05, 0) is 70.6 Å². The Kier molecular flexibility index (Phi) is 5.00. The van der Waals surface area contributed by atoms with Crippen LogP contribution in [0.1, 0.15) is 52.4 Å². The zero-order chi connectivity index (χ0) is 13.9. The van der Waals surface area contributed by atoms with Gasteiger partial charge in [-0.1, -0.05) is 13.8 Å². The molecule has 2 bridgehead atoms. The summed E-state index contributed by atoms with van der Waals surface area (Å²) in [6.45, 7) is 11.0. The lowest BCUT2D eigenvalue weighted by Gasteiger charge is -2.42. The molecule has 3 nitrogen and oxygen atoms in total. The Bertz CT molecular complexity index is 285. The SMILES string of the molecule is CCNC1CC2CCC(C1)N2CC1CCN(CC)CC1. The van der Waals surface area contributed by atoms with E-state index < -0.39 is 0 Å². The van der Waals surface area contributed by atoms with Crippen molar-refractivity contribution in [3.63, 3.8) is 0 Å². The van der Waals surface area contributed by atoms with Crippen molar-refractivity contribution in [1.82, 2.24) is 15.1 Å². The molecule has 0 saturated carbocycles. The number of hydrogen-bond donors (Lipinski definition) is 1. The Hall–Kier alpha value is -0.120. The van der Waals surface area contributed by atoms with Gasteiger partial charge in [-0.3, -0.25) is 4.90 Å². The van der Waals surface area contributed by atoms with Crippen molar-refractivity contribution in [3.8, 4) is 0 Å². The zero-order valence-electron chi connectivity index (χ0n) is 13.5. The van der Waals surface area contributed by atoms with Crippen molar-refractivity contribution in [2.24, 2.45) is 5.92 Å². The van der Waals surface area contributed by atoms with Crippen LogP contribution >= 0.6 is 0 Å². The maximum absolute atomic E-state index is 3.69. The van der Waals surface area contributed by atoms with Crippen LogP contribution in [0, 0.1) is 5.92 Å². The van der Waals surface area contributed by atoms with E-state index in [2.05, 4.69) is 29.0 Å². The van der Waals surface area contributed by atoms with E-state index in [1.807, 2.05) is 0 Å². The second-order valence-electron chi connectivity index (χ2n) is 7.19. The fraction of sp³-hybridized carbons (Fsp3) is 1.00. The lowest BCUT2D eigenvalue weighted by Crippen LogP contribution is -2.51. The fourth-order valence-electron chi connectivity index (χ4n) is 4.81. The van der Waals surface area contributed by atoms with Crippen LogP contribution in [0.2, 0.25) is 0 Å². The number of nitrogens with one attached hydrogen (secondary N) is 1. The summed E-state index contributed by atoms with van der Waals surface area (Å²) in [5.74, 6) is 0.969. The Labute approximate surface area is 125 Å². The molecule has 2 unspecified atom stereocenters. The van der Waals surface area contributed by atoms with Crippen molar-refractivity contribution < 1.29 is 0 Å². The largest absolute Gasteiger partial charge is 0.314 e. The molecular weight excluding hydrogens is 246 g/mol. The minimum absolute atomic E-state index is 0.802. The molecule has 0 radical (unpaired) electrons. The van der Waals surface area contributed by atoms with Gasteiger partial charge in [0.05, 0.1) is 0 Å². The molecule has 0 aliphatic carbocycles. The second-order valence-corrected chi connectivity index (χ2v) is 7.19. The highest BCUT2D eigenvalue weighted by Gasteiger charge is 2.41. The van der Waals surface area contributed by atoms with Gasteiger partial charge in [0.2, 0.25) is 0 Å². The van der Waals surface area contributed by atoms with Crippen LogP contribution < -0.4 is 5.32 Å². The summed E-state index contributed by atoms with van der Waals surface area (Å²) in [6, 6.07) is 2.58. The quantitative estimate of drug-likeness (QED) is 0.833. The molecule has 0 spiro atoms. The minimum Gasteiger partial charge on any atom is -0.314 e. The molecule has 2 atom stereocenters. The summed E-state index contributed by atoms with van der Waals surface area (Å²) in [5, 5.41) is 3.69. The van der Waals surface area contributed by atoms with Crippen molar-refractivity contribution in [2.45, 2.75) is 70.5 Å². The Balaban J connectivity index is 1.49. The molecule has 3 rings (SSSR count). The van der Waals surface area contributed by atoms with Gasteiger partial charge in [0.15, 0.2) is 0 Å². The molecule has 3 aliphatic rings. The van der Waals surface area contributed by atoms with Crippen molar-refractivity contribution in [1.29, 1.82) is 0 Å². The van der Waals surface area contributed by atoms with Crippen molar-refractivity contribution in [3.05, 3.63) is 0 Å². The summed E-state index contributed by atoms with van der Waals surface area (Å²) in [5.41, 5.74) is 0. The van der Waals surface area contributed by atoms with Crippen LogP contribution in [-0.4, -0.2) is 60.6 Å². The molecule has 20 heavy (non-hydrogen) atoms. The number of hydrogen-bond acceptors (Lipinski definition) is 3. The van der Waals surface area contributed by atoms with Crippen LogP contribution in [0.4, 0.5) is 0 Å². The van der Waals surface area contributed by atoms with E-state index >= 15 is 0 Å². The number of likely N-dealkylation sites (tertiary alicyclic amines) is 1. The van der Waals surface area contributed by atoms with E-state index in [4.69, 9.17) is 0 Å². The first-order valence-electron chi connectivity index (χ1n) is 9.01. The summed E-state index contributed by atoms with van der Waals surface area (Å²) < 4.78 is 0. The average molecular weight is 279 g/mol. The highest BCUT2D eigenvalue weighted by Crippen LogP contribution is 2.37. The van der Waals surface area contributed by atoms with Crippen LogP contribution in [0.15, 0.2) is 0 Å². The Morgan fingerprint density at radius 3 is 2.15 bits per heavy atom. The smallest absolute Gasteiger partial charge is 0.0114 e. The van der Waals surface area contributed by atoms with Gasteiger partial charge in [-0.25, -0.2) is 0 Å². The van der Waals surface area contributed by atoms with E-state index in [-0.39, 0.29) is 0 Å². The van der Waals surface area contributed by atoms with Crippen LogP contribution in [-0.2, 0) is 0 Å². The molecule has 0 aromatic rings. The molecule has 1 N–H and O–H groups in total. The van der Waals surface area contributed by atoms with Crippen molar-refractivity contribution in [2.75, 3.05) is 32.7 Å². The summed E-state index contributed by atoms with van der Waals surface area (Å²) in [4.78, 5) is 5.52. The maximum Gasteiger partial charge on any atom is 0.0114 e. The van der Waals surface area contributed by atoms with Gasteiger partial charge in [-0.15, -0.1) is 0 Å². The summed E-state index contributed by atoms with van der Waals surface area (Å²) in [6.07, 6.45) is 8.58. The van der Waals surface area contributed by atoms with Gasteiger partial charge < -0.3 is 10.2 Å². The number of nitrogens with zero attached hydrogens (tertiary/aromatic N) is 2. The highest BCUT2D eigenvalue weighted by atomic mass is 15.2. The van der Waals surface area contributed by atoms with E-state index in [0.29, 0.717) is 0 Å². The fourth-order valence-corrected chi connectivity index (χ4v) is 4.81. The third-order valence-electron chi connectivity index (χ3n) is 6.00. The maximum atomic E-state index is 3.69. The third kappa shape index (κ3) is 3.20. The standard InChI is InChI=1S/C17H33N3/c1-3-18-15-11-16-5-6-17(12-15)20(16)13-14-7-9-19(4-2)10-8-14/h14-18H,3-13H2,1-2H3. The van der Waals surface area contributed by atoms with E-state index in [9.17, 15) is 0 Å². The molecule has 0 amide bonds. The third-order valence-corrected chi connectivity index (χ3v) is 6.00. The molecule has 116 valence electrons. The molecule has 3 saturated heterocycles. The Morgan fingerprint density at radius 2 is 1.60 bits per heavy atom. The lowest BCUT2D eigenvalue weighted by atomic mass is 9.92. The molecule has 3 heteroatoms. The van der Waals surface area contributed by atoms with E-state index in [0.717, 1.165) is 30.6 Å². The molecule has 3 heterocycles. The van der Waals surface area contributed by atoms with Gasteiger partial charge in [0.1, 0.15) is 0 Å². The summed E-state index contributed by atoms with van der Waals surface area (Å²) >= 11 is 0. The molecule has 3 aliphatic heterocycles. The van der Waals surface area contributed by atoms with Gasteiger partial charge in [-0.2, -0.15) is 0 Å². The highest BCUT2D eigenvalue weighted by molar-refractivity contribution is 4.98. The zero-order valence-corrected chi connectivity index (χ0v) is 13.5. The van der Waals surface area contributed by atoms with Crippen molar-refractivity contribution >= 4 is 0 Å². The first kappa shape index (κ1) is 14.8. The molecule has 3 fully saturated rings. The monoisotopic (exact) mass is 279 g/mol. The van der Waals surface area contributed by atoms with Gasteiger partial charge in [0, 0.05) is 24.7 Å². The molecule has 0 aromatic carbocycles. The normalized spacial score (nSPS) is 36.6. The number of rotatable bonds is 5. The first-order chi connectivity index (χ1) is 9.80. The predicted octanol–water partition coefficient (Wildman–Crippen LogP) is 2.32. The van der Waals surface area contributed by atoms with E-state index in [1.165, 1.54) is 64.7 Å². The van der Waals surface area contributed by atoms with Crippen LogP contribution in [0.5, 0.6) is 0 Å². The Morgan fingerprint density at radius 1 is 0.950 bits per heavy atom.